The van der Waals surface area contributed by atoms with Gasteiger partial charge in [-0.25, -0.2) is 8.78 Å². The number of halogens is 2. The second-order valence-electron chi connectivity index (χ2n) is 3.63. The van der Waals surface area contributed by atoms with Crippen molar-refractivity contribution < 1.29 is 13.5 Å². The van der Waals surface area contributed by atoms with Gasteiger partial charge in [-0.3, -0.25) is 0 Å². The first-order valence-electron chi connectivity index (χ1n) is 4.99. The molecule has 1 aromatic rings. The molecule has 1 saturated heterocycles. The molecule has 1 aliphatic heterocycles. The Morgan fingerprint density at radius 2 is 2.07 bits per heavy atom. The van der Waals surface area contributed by atoms with Gasteiger partial charge in [-0.15, -0.1) is 0 Å². The highest BCUT2D eigenvalue weighted by Crippen LogP contribution is 2.34. The van der Waals surface area contributed by atoms with E-state index in [1.165, 1.54) is 7.11 Å². The molecule has 1 aromatic carbocycles. The first-order chi connectivity index (χ1) is 7.24. The molecule has 0 aromatic heterocycles. The molecule has 0 aliphatic carbocycles. The summed E-state index contributed by atoms with van der Waals surface area (Å²) in [6, 6.07) is 2.11. The van der Waals surface area contributed by atoms with Gasteiger partial charge in [0.1, 0.15) is 5.82 Å². The third-order valence-electron chi connectivity index (χ3n) is 2.71. The van der Waals surface area contributed by atoms with Crippen LogP contribution in [0.15, 0.2) is 12.1 Å². The summed E-state index contributed by atoms with van der Waals surface area (Å²) in [6.45, 7) is 0.837. The Morgan fingerprint density at radius 1 is 1.33 bits per heavy atom. The van der Waals surface area contributed by atoms with Crippen LogP contribution in [0.4, 0.5) is 8.78 Å². The van der Waals surface area contributed by atoms with E-state index in [0.29, 0.717) is 5.56 Å². The van der Waals surface area contributed by atoms with E-state index in [9.17, 15) is 8.78 Å². The third-order valence-corrected chi connectivity index (χ3v) is 2.71. The molecule has 2 nitrogen and oxygen atoms in total. The molecule has 0 bridgehead atoms. The maximum Gasteiger partial charge on any atom is 0.165 e. The van der Waals surface area contributed by atoms with E-state index in [-0.39, 0.29) is 11.8 Å². The minimum absolute atomic E-state index is 0.0226. The standard InChI is InChI=1S/C11H13F2NO/c1-15-11-8(13)5-4-7(12)10(11)9-3-2-6-14-9/h4-5,9,14H,2-3,6H2,1H3. The van der Waals surface area contributed by atoms with Crippen molar-refractivity contribution in [1.29, 1.82) is 0 Å². The topological polar surface area (TPSA) is 21.3 Å². The fraction of sp³-hybridized carbons (Fsp3) is 0.455. The first kappa shape index (κ1) is 10.4. The fourth-order valence-electron chi connectivity index (χ4n) is 2.01. The monoisotopic (exact) mass is 213 g/mol. The highest BCUT2D eigenvalue weighted by molar-refractivity contribution is 5.39. The zero-order valence-electron chi connectivity index (χ0n) is 8.52. The normalized spacial score (nSPS) is 20.6. The number of hydrogen-bond donors (Lipinski definition) is 1. The van der Waals surface area contributed by atoms with Gasteiger partial charge in [0.2, 0.25) is 0 Å². The van der Waals surface area contributed by atoms with Crippen molar-refractivity contribution in [2.75, 3.05) is 13.7 Å². The van der Waals surface area contributed by atoms with Gasteiger partial charge >= 0.3 is 0 Å². The van der Waals surface area contributed by atoms with Crippen LogP contribution in [0.1, 0.15) is 24.4 Å². The van der Waals surface area contributed by atoms with Crippen LogP contribution < -0.4 is 10.1 Å². The number of ether oxygens (including phenoxy) is 1. The highest BCUT2D eigenvalue weighted by Gasteiger charge is 2.25. The van der Waals surface area contributed by atoms with Gasteiger partial charge in [-0.2, -0.15) is 0 Å². The predicted molar refractivity (Wildman–Crippen MR) is 52.9 cm³/mol. The lowest BCUT2D eigenvalue weighted by Gasteiger charge is -2.16. The number of nitrogens with one attached hydrogen (secondary N) is 1. The van der Waals surface area contributed by atoms with E-state index in [1.54, 1.807) is 0 Å². The predicted octanol–water partition coefficient (Wildman–Crippen LogP) is 2.40. The average molecular weight is 213 g/mol. The van der Waals surface area contributed by atoms with Crippen LogP contribution in [0.25, 0.3) is 0 Å². The lowest BCUT2D eigenvalue weighted by atomic mass is 10.0. The Hall–Kier alpha value is -1.16. The summed E-state index contributed by atoms with van der Waals surface area (Å²) < 4.78 is 31.9. The molecule has 1 unspecified atom stereocenters. The molecule has 0 radical (unpaired) electrons. The Kier molecular flexibility index (Phi) is 2.86. The maximum absolute atomic E-state index is 13.6. The zero-order chi connectivity index (χ0) is 10.8. The molecule has 15 heavy (non-hydrogen) atoms. The molecule has 1 aliphatic rings. The molecule has 0 spiro atoms. The van der Waals surface area contributed by atoms with Crippen LogP contribution >= 0.6 is 0 Å². The van der Waals surface area contributed by atoms with Crippen molar-refractivity contribution in [1.82, 2.24) is 5.32 Å². The highest BCUT2D eigenvalue weighted by atomic mass is 19.1. The average Bonchev–Trinajstić information content (AvgIpc) is 2.74. The SMILES string of the molecule is COc1c(F)ccc(F)c1C1CCCN1. The summed E-state index contributed by atoms with van der Waals surface area (Å²) >= 11 is 0. The zero-order valence-corrected chi connectivity index (χ0v) is 8.52. The summed E-state index contributed by atoms with van der Waals surface area (Å²) in [5, 5.41) is 3.13. The molecule has 1 N–H and O–H groups in total. The summed E-state index contributed by atoms with van der Waals surface area (Å²) in [5.74, 6) is -0.898. The number of methoxy groups -OCH3 is 1. The Labute approximate surface area is 87.2 Å². The van der Waals surface area contributed by atoms with Crippen LogP contribution in [0.2, 0.25) is 0 Å². The molecule has 82 valence electrons. The van der Waals surface area contributed by atoms with E-state index in [2.05, 4.69) is 5.32 Å². The maximum atomic E-state index is 13.6. The molecule has 0 amide bonds. The Morgan fingerprint density at radius 3 is 2.67 bits per heavy atom. The molecule has 0 saturated carbocycles. The molecule has 2 rings (SSSR count). The lowest BCUT2D eigenvalue weighted by molar-refractivity contribution is 0.368. The van der Waals surface area contributed by atoms with E-state index >= 15 is 0 Å². The van der Waals surface area contributed by atoms with E-state index < -0.39 is 11.6 Å². The van der Waals surface area contributed by atoms with Crippen LogP contribution in [-0.4, -0.2) is 13.7 Å². The Balaban J connectivity index is 2.46. The van der Waals surface area contributed by atoms with Gasteiger partial charge in [0.05, 0.1) is 7.11 Å². The lowest BCUT2D eigenvalue weighted by Crippen LogP contribution is -2.16. The van der Waals surface area contributed by atoms with Crippen LogP contribution in [0, 0.1) is 11.6 Å². The van der Waals surface area contributed by atoms with Crippen LogP contribution in [0.3, 0.4) is 0 Å². The summed E-state index contributed by atoms with van der Waals surface area (Å²) in [7, 11) is 1.36. The molecular formula is C11H13F2NO. The van der Waals surface area contributed by atoms with Gasteiger partial charge in [-0.05, 0) is 31.5 Å². The number of rotatable bonds is 2. The minimum atomic E-state index is -0.511. The van der Waals surface area contributed by atoms with Crippen molar-refractivity contribution in [3.8, 4) is 5.75 Å². The van der Waals surface area contributed by atoms with Gasteiger partial charge in [-0.1, -0.05) is 0 Å². The smallest absolute Gasteiger partial charge is 0.165 e. The van der Waals surface area contributed by atoms with Crippen molar-refractivity contribution in [2.45, 2.75) is 18.9 Å². The first-order valence-corrected chi connectivity index (χ1v) is 4.99. The number of hydrogen-bond acceptors (Lipinski definition) is 2. The quantitative estimate of drug-likeness (QED) is 0.814. The minimum Gasteiger partial charge on any atom is -0.493 e. The van der Waals surface area contributed by atoms with Crippen LogP contribution in [0.5, 0.6) is 5.75 Å². The second-order valence-corrected chi connectivity index (χ2v) is 3.63. The fourth-order valence-corrected chi connectivity index (χ4v) is 2.01. The van der Waals surface area contributed by atoms with Crippen molar-refractivity contribution in [3.05, 3.63) is 29.3 Å². The van der Waals surface area contributed by atoms with Crippen molar-refractivity contribution in [3.63, 3.8) is 0 Å². The van der Waals surface area contributed by atoms with Crippen molar-refractivity contribution in [2.24, 2.45) is 0 Å². The van der Waals surface area contributed by atoms with E-state index in [0.717, 1.165) is 31.5 Å². The largest absolute Gasteiger partial charge is 0.493 e. The Bertz CT molecular complexity index is 362. The van der Waals surface area contributed by atoms with E-state index in [4.69, 9.17) is 4.74 Å². The van der Waals surface area contributed by atoms with Gasteiger partial charge in [0.15, 0.2) is 11.6 Å². The summed E-state index contributed by atoms with van der Waals surface area (Å²) in [6.07, 6.45) is 1.79. The molecule has 4 heteroatoms. The molecular weight excluding hydrogens is 200 g/mol. The second kappa shape index (κ2) is 4.14. The number of benzene rings is 1. The van der Waals surface area contributed by atoms with Crippen molar-refractivity contribution >= 4 is 0 Å². The molecule has 1 fully saturated rings. The summed E-state index contributed by atoms with van der Waals surface area (Å²) in [5.41, 5.74) is 0.315. The van der Waals surface area contributed by atoms with Gasteiger partial charge in [0, 0.05) is 11.6 Å². The molecule has 1 heterocycles. The van der Waals surface area contributed by atoms with E-state index in [1.807, 2.05) is 0 Å². The van der Waals surface area contributed by atoms with Gasteiger partial charge < -0.3 is 10.1 Å². The van der Waals surface area contributed by atoms with Crippen LogP contribution in [-0.2, 0) is 0 Å². The molecule has 1 atom stereocenters. The summed E-state index contributed by atoms with van der Waals surface area (Å²) in [4.78, 5) is 0. The van der Waals surface area contributed by atoms with Gasteiger partial charge in [0.25, 0.3) is 0 Å². The third kappa shape index (κ3) is 1.81.